The summed E-state index contributed by atoms with van der Waals surface area (Å²) >= 11 is 0. The first-order valence-electron chi connectivity index (χ1n) is 11.2. The number of hydrogen-bond donors (Lipinski definition) is 1. The van der Waals surface area contributed by atoms with Crippen LogP contribution in [0.5, 0.6) is 0 Å². The number of anilines is 2. The maximum atomic E-state index is 12.7. The fourth-order valence-electron chi connectivity index (χ4n) is 4.90. The van der Waals surface area contributed by atoms with Crippen LogP contribution in [0.4, 0.5) is 16.3 Å². The molecular formula is C24H30N6O. The van der Waals surface area contributed by atoms with E-state index in [0.717, 1.165) is 44.7 Å². The molecule has 0 radical (unpaired) electrons. The number of carbonyl (C=O) groups is 1. The van der Waals surface area contributed by atoms with Crippen LogP contribution in [0, 0.1) is 19.8 Å². The Kier molecular flexibility index (Phi) is 5.04. The largest absolute Gasteiger partial charge is 0.349 e. The average Bonchev–Trinajstić information content (AvgIpc) is 3.49. The van der Waals surface area contributed by atoms with Crippen molar-refractivity contribution < 1.29 is 4.79 Å². The second kappa shape index (κ2) is 7.87. The molecule has 2 aliphatic heterocycles. The molecule has 5 rings (SSSR count). The number of likely N-dealkylation sites (tertiary alicyclic amines) is 1. The molecule has 2 atom stereocenters. The third-order valence-electron chi connectivity index (χ3n) is 6.65. The fourth-order valence-corrected chi connectivity index (χ4v) is 4.90. The number of rotatable bonds is 3. The minimum absolute atomic E-state index is 0.0686. The molecule has 2 fully saturated rings. The van der Waals surface area contributed by atoms with Crippen LogP contribution in [0.25, 0.3) is 5.65 Å². The first kappa shape index (κ1) is 19.8. The van der Waals surface area contributed by atoms with Crippen LogP contribution in [0.2, 0.25) is 0 Å². The number of carbonyl (C=O) groups excluding carboxylic acids is 1. The molecule has 162 valence electrons. The van der Waals surface area contributed by atoms with Gasteiger partial charge in [-0.3, -0.25) is 0 Å². The molecule has 0 bridgehead atoms. The Bertz CT molecular complexity index is 1120. The van der Waals surface area contributed by atoms with Crippen LogP contribution < -0.4 is 10.2 Å². The lowest BCUT2D eigenvalue weighted by Gasteiger charge is -2.27. The number of urea groups is 1. The number of nitrogens with zero attached hydrogens (tertiary/aromatic N) is 5. The third kappa shape index (κ3) is 3.73. The van der Waals surface area contributed by atoms with Crippen LogP contribution in [-0.4, -0.2) is 45.2 Å². The van der Waals surface area contributed by atoms with Crippen LogP contribution in [0.3, 0.4) is 0 Å². The predicted octanol–water partition coefficient (Wildman–Crippen LogP) is 4.56. The first-order chi connectivity index (χ1) is 15.0. The van der Waals surface area contributed by atoms with Gasteiger partial charge in [-0.2, -0.15) is 5.10 Å². The maximum absolute atomic E-state index is 12.7. The Hall–Kier alpha value is -3.09. The lowest BCUT2D eigenvalue weighted by molar-refractivity contribution is 0.221. The van der Waals surface area contributed by atoms with E-state index in [0.29, 0.717) is 23.3 Å². The number of nitrogens with one attached hydrogen (secondary N) is 1. The molecule has 4 heterocycles. The smallest absolute Gasteiger partial charge is 0.321 e. The number of amides is 2. The van der Waals surface area contributed by atoms with E-state index in [9.17, 15) is 4.79 Å². The monoisotopic (exact) mass is 418 g/mol. The lowest BCUT2D eigenvalue weighted by Crippen LogP contribution is -2.32. The molecular weight excluding hydrogens is 388 g/mol. The van der Waals surface area contributed by atoms with Gasteiger partial charge in [0.15, 0.2) is 5.65 Å². The minimum Gasteiger partial charge on any atom is -0.349 e. The van der Waals surface area contributed by atoms with Gasteiger partial charge in [-0.05, 0) is 56.2 Å². The summed E-state index contributed by atoms with van der Waals surface area (Å²) in [5.41, 5.74) is 5.33. The van der Waals surface area contributed by atoms with Crippen molar-refractivity contribution in [2.45, 2.75) is 46.1 Å². The molecule has 3 aromatic rings. The summed E-state index contributed by atoms with van der Waals surface area (Å²) in [4.78, 5) is 21.9. The maximum Gasteiger partial charge on any atom is 0.321 e. The van der Waals surface area contributed by atoms with Gasteiger partial charge in [0.1, 0.15) is 11.5 Å². The quantitative estimate of drug-likeness (QED) is 0.677. The van der Waals surface area contributed by atoms with Crippen molar-refractivity contribution in [2.24, 2.45) is 5.92 Å². The summed E-state index contributed by atoms with van der Waals surface area (Å²) in [6, 6.07) is 8.96. The molecule has 0 aliphatic carbocycles. The van der Waals surface area contributed by atoms with Crippen LogP contribution in [0.15, 0.2) is 36.7 Å². The highest BCUT2D eigenvalue weighted by atomic mass is 16.2. The molecule has 2 aliphatic rings. The summed E-state index contributed by atoms with van der Waals surface area (Å²) in [7, 11) is 0. The van der Waals surface area contributed by atoms with E-state index in [2.05, 4.69) is 54.3 Å². The summed E-state index contributed by atoms with van der Waals surface area (Å²) < 4.78 is 1.73. The molecule has 2 amide bonds. The van der Waals surface area contributed by atoms with E-state index in [4.69, 9.17) is 4.98 Å². The number of hydrogen-bond acceptors (Lipinski definition) is 4. The molecule has 0 unspecified atom stereocenters. The Morgan fingerprint density at radius 2 is 2.03 bits per heavy atom. The van der Waals surface area contributed by atoms with Crippen molar-refractivity contribution in [1.29, 1.82) is 0 Å². The van der Waals surface area contributed by atoms with Gasteiger partial charge in [-0.1, -0.05) is 30.7 Å². The Balaban J connectivity index is 1.43. The fraction of sp³-hybridized carbons (Fsp3) is 0.458. The standard InChI is InChI=1S/C24H30N6O/c1-16-6-7-18(3)19(13-16)21-5-4-10-29(21)22-9-12-30-23(27-22)20(14-25-30)26-24(31)28-11-8-17(2)15-28/h6-7,9,12-14,17,21H,4-5,8,10-11,15H2,1-3H3,(H,26,31)/t17-,21+/m0/s1. The highest BCUT2D eigenvalue weighted by Gasteiger charge is 2.29. The summed E-state index contributed by atoms with van der Waals surface area (Å²) in [6.45, 7) is 9.09. The molecule has 7 heteroatoms. The van der Waals surface area contributed by atoms with Crippen LogP contribution >= 0.6 is 0 Å². The molecule has 2 aromatic heterocycles. The second-order valence-corrected chi connectivity index (χ2v) is 9.09. The highest BCUT2D eigenvalue weighted by molar-refractivity contribution is 5.93. The molecule has 2 saturated heterocycles. The van der Waals surface area contributed by atoms with Crippen molar-refractivity contribution in [3.8, 4) is 0 Å². The zero-order valence-corrected chi connectivity index (χ0v) is 18.5. The average molecular weight is 419 g/mol. The number of benzene rings is 1. The Morgan fingerprint density at radius 1 is 1.16 bits per heavy atom. The van der Waals surface area contributed by atoms with Crippen LogP contribution in [-0.2, 0) is 0 Å². The van der Waals surface area contributed by atoms with Crippen molar-refractivity contribution in [2.75, 3.05) is 29.9 Å². The third-order valence-corrected chi connectivity index (χ3v) is 6.65. The zero-order valence-electron chi connectivity index (χ0n) is 18.5. The van der Waals surface area contributed by atoms with E-state index in [-0.39, 0.29) is 6.03 Å². The summed E-state index contributed by atoms with van der Waals surface area (Å²) in [5, 5.41) is 7.41. The Morgan fingerprint density at radius 3 is 2.84 bits per heavy atom. The minimum atomic E-state index is -0.0686. The van der Waals surface area contributed by atoms with E-state index in [1.54, 1.807) is 10.7 Å². The van der Waals surface area contributed by atoms with Gasteiger partial charge in [-0.15, -0.1) is 0 Å². The van der Waals surface area contributed by atoms with Crippen LogP contribution in [0.1, 0.15) is 48.9 Å². The molecule has 31 heavy (non-hydrogen) atoms. The zero-order chi connectivity index (χ0) is 21.5. The van der Waals surface area contributed by atoms with Gasteiger partial charge in [0, 0.05) is 25.8 Å². The number of fused-ring (bicyclic) bond motifs is 1. The lowest BCUT2D eigenvalue weighted by atomic mass is 9.97. The Labute approximate surface area is 183 Å². The number of aryl methyl sites for hydroxylation is 2. The molecule has 0 spiro atoms. The topological polar surface area (TPSA) is 65.8 Å². The van der Waals surface area contributed by atoms with Crippen molar-refractivity contribution in [1.82, 2.24) is 19.5 Å². The molecule has 1 aromatic carbocycles. The normalized spacial score (nSPS) is 21.3. The van der Waals surface area contributed by atoms with Gasteiger partial charge < -0.3 is 15.1 Å². The van der Waals surface area contributed by atoms with Gasteiger partial charge in [-0.25, -0.2) is 14.3 Å². The first-order valence-corrected chi connectivity index (χ1v) is 11.2. The van der Waals surface area contributed by atoms with Crippen molar-refractivity contribution in [3.63, 3.8) is 0 Å². The van der Waals surface area contributed by atoms with Gasteiger partial charge in [0.05, 0.1) is 12.2 Å². The summed E-state index contributed by atoms with van der Waals surface area (Å²) in [5.74, 6) is 1.48. The van der Waals surface area contributed by atoms with Gasteiger partial charge in [0.2, 0.25) is 0 Å². The van der Waals surface area contributed by atoms with E-state index in [1.165, 1.54) is 16.7 Å². The SMILES string of the molecule is Cc1ccc(C)c([C@H]2CCCN2c2ccn3ncc(NC(=O)N4CC[C@H](C)C4)c3n2)c1. The highest BCUT2D eigenvalue weighted by Crippen LogP contribution is 2.37. The molecule has 7 nitrogen and oxygen atoms in total. The summed E-state index contributed by atoms with van der Waals surface area (Å²) in [6.07, 6.45) is 6.94. The van der Waals surface area contributed by atoms with Crippen molar-refractivity contribution in [3.05, 3.63) is 53.3 Å². The second-order valence-electron chi connectivity index (χ2n) is 9.09. The van der Waals surface area contributed by atoms with E-state index >= 15 is 0 Å². The predicted molar refractivity (Wildman–Crippen MR) is 123 cm³/mol. The molecule has 0 saturated carbocycles. The van der Waals surface area contributed by atoms with Crippen molar-refractivity contribution >= 4 is 23.2 Å². The molecule has 1 N–H and O–H groups in total. The van der Waals surface area contributed by atoms with Gasteiger partial charge >= 0.3 is 6.03 Å². The van der Waals surface area contributed by atoms with E-state index in [1.807, 2.05) is 17.2 Å². The van der Waals surface area contributed by atoms with Gasteiger partial charge in [0.25, 0.3) is 0 Å². The van der Waals surface area contributed by atoms with E-state index < -0.39 is 0 Å². The number of aromatic nitrogens is 3.